The largest absolute Gasteiger partial charge is 0.481 e. The molecule has 0 spiro atoms. The van der Waals surface area contributed by atoms with Crippen LogP contribution in [0, 0.1) is 0 Å². The van der Waals surface area contributed by atoms with E-state index in [4.69, 9.17) is 10.2 Å². The number of aromatic nitrogens is 1. The van der Waals surface area contributed by atoms with Crippen molar-refractivity contribution >= 4 is 11.9 Å². The van der Waals surface area contributed by atoms with Crippen molar-refractivity contribution in [3.63, 3.8) is 0 Å². The zero-order valence-electron chi connectivity index (χ0n) is 9.14. The van der Waals surface area contributed by atoms with E-state index in [9.17, 15) is 9.59 Å². The van der Waals surface area contributed by atoms with E-state index in [1.54, 1.807) is 10.8 Å². The molecule has 0 radical (unpaired) electrons. The molecule has 2 N–H and O–H groups in total. The van der Waals surface area contributed by atoms with Crippen LogP contribution in [0.2, 0.25) is 0 Å². The van der Waals surface area contributed by atoms with Crippen molar-refractivity contribution in [3.05, 3.63) is 23.5 Å². The molecule has 1 aromatic heterocycles. The van der Waals surface area contributed by atoms with Gasteiger partial charge in [-0.2, -0.15) is 0 Å². The summed E-state index contributed by atoms with van der Waals surface area (Å²) in [5, 5.41) is 17.5. The average molecular weight is 225 g/mol. The van der Waals surface area contributed by atoms with Gasteiger partial charge in [-0.05, 0) is 12.5 Å². The zero-order valence-corrected chi connectivity index (χ0v) is 9.14. The van der Waals surface area contributed by atoms with Crippen molar-refractivity contribution in [3.8, 4) is 0 Å². The Morgan fingerprint density at radius 1 is 1.38 bits per heavy atom. The topological polar surface area (TPSA) is 79.5 Å². The van der Waals surface area contributed by atoms with Crippen LogP contribution in [0.5, 0.6) is 0 Å². The number of carbonyl (C=O) groups is 2. The number of hydrogen-bond donors (Lipinski definition) is 2. The van der Waals surface area contributed by atoms with Crippen molar-refractivity contribution in [2.45, 2.75) is 32.7 Å². The van der Waals surface area contributed by atoms with Gasteiger partial charge in [0.1, 0.15) is 0 Å². The fraction of sp³-hybridized carbons (Fsp3) is 0.455. The van der Waals surface area contributed by atoms with Crippen LogP contribution >= 0.6 is 0 Å². The molecule has 0 bridgehead atoms. The van der Waals surface area contributed by atoms with Gasteiger partial charge in [0.25, 0.3) is 0 Å². The number of aliphatic carboxylic acids is 1. The standard InChI is InChI=1S/C11H15NO4/c1-2-3-9-8(11(15)16)4-6-12(9)7-5-10(13)14/h4,6H,2-3,5,7H2,1H3,(H,13,14)(H,15,16). The van der Waals surface area contributed by atoms with Gasteiger partial charge in [-0.3, -0.25) is 4.79 Å². The Bertz CT molecular complexity index is 395. The lowest BCUT2D eigenvalue weighted by atomic mass is 10.1. The van der Waals surface area contributed by atoms with Gasteiger partial charge in [0.05, 0.1) is 12.0 Å². The monoisotopic (exact) mass is 225 g/mol. The summed E-state index contributed by atoms with van der Waals surface area (Å²) < 4.78 is 1.71. The second-order valence-corrected chi connectivity index (χ2v) is 3.57. The highest BCUT2D eigenvalue weighted by atomic mass is 16.4. The van der Waals surface area contributed by atoms with E-state index >= 15 is 0 Å². The molecule has 1 rings (SSSR count). The first-order valence-electron chi connectivity index (χ1n) is 5.19. The van der Waals surface area contributed by atoms with Gasteiger partial charge in [-0.1, -0.05) is 13.3 Å². The molecule has 5 heteroatoms. The van der Waals surface area contributed by atoms with E-state index in [-0.39, 0.29) is 12.0 Å². The van der Waals surface area contributed by atoms with E-state index < -0.39 is 11.9 Å². The van der Waals surface area contributed by atoms with E-state index in [2.05, 4.69) is 0 Å². The molecule has 5 nitrogen and oxygen atoms in total. The number of carboxylic acid groups (broad SMARTS) is 2. The van der Waals surface area contributed by atoms with Gasteiger partial charge >= 0.3 is 11.9 Å². The molecule has 0 fully saturated rings. The third kappa shape index (κ3) is 2.85. The zero-order chi connectivity index (χ0) is 12.1. The summed E-state index contributed by atoms with van der Waals surface area (Å²) in [7, 11) is 0. The lowest BCUT2D eigenvalue weighted by molar-refractivity contribution is -0.137. The van der Waals surface area contributed by atoms with Crippen LogP contribution in [0.4, 0.5) is 0 Å². The van der Waals surface area contributed by atoms with Gasteiger partial charge in [0.15, 0.2) is 0 Å². The number of hydrogen-bond acceptors (Lipinski definition) is 2. The molecular formula is C11H15NO4. The van der Waals surface area contributed by atoms with Crippen LogP contribution < -0.4 is 0 Å². The molecular weight excluding hydrogens is 210 g/mol. The highest BCUT2D eigenvalue weighted by Gasteiger charge is 2.14. The Balaban J connectivity index is 2.90. The van der Waals surface area contributed by atoms with Crippen LogP contribution in [0.1, 0.15) is 35.8 Å². The molecule has 0 aliphatic heterocycles. The summed E-state index contributed by atoms with van der Waals surface area (Å²) in [4.78, 5) is 21.4. The van der Waals surface area contributed by atoms with Crippen LogP contribution in [-0.2, 0) is 17.8 Å². The smallest absolute Gasteiger partial charge is 0.337 e. The van der Waals surface area contributed by atoms with E-state index in [1.807, 2.05) is 6.92 Å². The molecule has 0 atom stereocenters. The highest BCUT2D eigenvalue weighted by molar-refractivity contribution is 5.89. The third-order valence-electron chi connectivity index (χ3n) is 2.36. The summed E-state index contributed by atoms with van der Waals surface area (Å²) in [6.45, 7) is 2.28. The first-order chi connectivity index (χ1) is 7.56. The number of rotatable bonds is 6. The van der Waals surface area contributed by atoms with Crippen molar-refractivity contribution in [1.29, 1.82) is 0 Å². The van der Waals surface area contributed by atoms with Gasteiger partial charge in [0.2, 0.25) is 0 Å². The predicted molar refractivity (Wildman–Crippen MR) is 57.6 cm³/mol. The Labute approximate surface area is 93.3 Å². The molecule has 0 unspecified atom stereocenters. The molecule has 1 heterocycles. The summed E-state index contributed by atoms with van der Waals surface area (Å²) in [6.07, 6.45) is 3.12. The van der Waals surface area contributed by atoms with Gasteiger partial charge < -0.3 is 14.8 Å². The lowest BCUT2D eigenvalue weighted by Crippen LogP contribution is -2.09. The van der Waals surface area contributed by atoms with Crippen LogP contribution in [0.25, 0.3) is 0 Å². The van der Waals surface area contributed by atoms with Crippen molar-refractivity contribution < 1.29 is 19.8 Å². The summed E-state index contributed by atoms with van der Waals surface area (Å²) in [6, 6.07) is 1.52. The minimum absolute atomic E-state index is 0.00442. The molecule has 88 valence electrons. The third-order valence-corrected chi connectivity index (χ3v) is 2.36. The fourth-order valence-corrected chi connectivity index (χ4v) is 1.64. The molecule has 0 saturated heterocycles. The number of nitrogens with zero attached hydrogens (tertiary/aromatic N) is 1. The van der Waals surface area contributed by atoms with Gasteiger partial charge in [0, 0.05) is 18.4 Å². The van der Waals surface area contributed by atoms with Crippen molar-refractivity contribution in [2.24, 2.45) is 0 Å². The molecule has 1 aromatic rings. The molecule has 0 aliphatic carbocycles. The van der Waals surface area contributed by atoms with Gasteiger partial charge in [-0.15, -0.1) is 0 Å². The number of carboxylic acids is 2. The molecule has 0 aliphatic rings. The minimum Gasteiger partial charge on any atom is -0.481 e. The Morgan fingerprint density at radius 3 is 2.56 bits per heavy atom. The quantitative estimate of drug-likeness (QED) is 0.770. The first kappa shape index (κ1) is 12.3. The lowest BCUT2D eigenvalue weighted by Gasteiger charge is -2.07. The fourth-order valence-electron chi connectivity index (χ4n) is 1.64. The van der Waals surface area contributed by atoms with Crippen LogP contribution in [0.3, 0.4) is 0 Å². The van der Waals surface area contributed by atoms with E-state index in [1.165, 1.54) is 6.07 Å². The first-order valence-corrected chi connectivity index (χ1v) is 5.19. The molecule has 0 amide bonds. The Kier molecular flexibility index (Phi) is 4.10. The summed E-state index contributed by atoms with van der Waals surface area (Å²) in [5.74, 6) is -1.84. The molecule has 0 saturated carbocycles. The SMILES string of the molecule is CCCc1c(C(=O)O)ccn1CCC(=O)O. The van der Waals surface area contributed by atoms with E-state index in [0.29, 0.717) is 18.7 Å². The van der Waals surface area contributed by atoms with Gasteiger partial charge in [-0.25, -0.2) is 4.79 Å². The summed E-state index contributed by atoms with van der Waals surface area (Å²) >= 11 is 0. The minimum atomic E-state index is -0.961. The average Bonchev–Trinajstić information content (AvgIpc) is 2.59. The number of aromatic carboxylic acids is 1. The van der Waals surface area contributed by atoms with Crippen molar-refractivity contribution in [2.75, 3.05) is 0 Å². The van der Waals surface area contributed by atoms with Crippen LogP contribution in [-0.4, -0.2) is 26.7 Å². The maximum Gasteiger partial charge on any atom is 0.337 e. The normalized spacial score (nSPS) is 10.3. The molecule has 16 heavy (non-hydrogen) atoms. The van der Waals surface area contributed by atoms with E-state index in [0.717, 1.165) is 6.42 Å². The predicted octanol–water partition coefficient (Wildman–Crippen LogP) is 1.61. The highest BCUT2D eigenvalue weighted by Crippen LogP contribution is 2.14. The summed E-state index contributed by atoms with van der Waals surface area (Å²) in [5.41, 5.74) is 0.975. The maximum atomic E-state index is 10.9. The number of aryl methyl sites for hydroxylation is 1. The van der Waals surface area contributed by atoms with Crippen LogP contribution in [0.15, 0.2) is 12.3 Å². The Morgan fingerprint density at radius 2 is 2.06 bits per heavy atom. The second-order valence-electron chi connectivity index (χ2n) is 3.57. The Hall–Kier alpha value is -1.78. The second kappa shape index (κ2) is 5.34. The molecule has 0 aromatic carbocycles. The maximum absolute atomic E-state index is 10.9. The van der Waals surface area contributed by atoms with Crippen molar-refractivity contribution in [1.82, 2.24) is 4.57 Å².